The zero-order valence-corrected chi connectivity index (χ0v) is 18.6. The molecule has 0 bridgehead atoms. The second kappa shape index (κ2) is 11.2. The van der Waals surface area contributed by atoms with Crippen molar-refractivity contribution in [2.45, 2.75) is 19.3 Å². The highest BCUT2D eigenvalue weighted by Crippen LogP contribution is 2.38. The van der Waals surface area contributed by atoms with E-state index >= 15 is 0 Å². The fourth-order valence-electron chi connectivity index (χ4n) is 3.18. The number of aryl methyl sites for hydroxylation is 1. The molecule has 30 heavy (non-hydrogen) atoms. The van der Waals surface area contributed by atoms with E-state index in [0.29, 0.717) is 48.1 Å². The van der Waals surface area contributed by atoms with Gasteiger partial charge in [-0.3, -0.25) is 4.79 Å². The van der Waals surface area contributed by atoms with Crippen molar-refractivity contribution in [1.29, 1.82) is 0 Å². The largest absolute Gasteiger partial charge is 0.493 e. The van der Waals surface area contributed by atoms with E-state index < -0.39 is 0 Å². The molecule has 0 atom stereocenters. The van der Waals surface area contributed by atoms with Gasteiger partial charge in [0.2, 0.25) is 11.7 Å². The second-order valence-corrected chi connectivity index (χ2v) is 6.79. The van der Waals surface area contributed by atoms with Gasteiger partial charge in [0.15, 0.2) is 23.0 Å². The Hall–Kier alpha value is -3.09. The normalized spacial score (nSPS) is 10.3. The van der Waals surface area contributed by atoms with Crippen molar-refractivity contribution in [1.82, 2.24) is 4.90 Å². The molecule has 164 valence electrons. The van der Waals surface area contributed by atoms with Gasteiger partial charge in [-0.2, -0.15) is 0 Å². The molecule has 0 spiro atoms. The summed E-state index contributed by atoms with van der Waals surface area (Å²) < 4.78 is 26.7. The van der Waals surface area contributed by atoms with Gasteiger partial charge < -0.3 is 28.6 Å². The van der Waals surface area contributed by atoms with E-state index in [4.69, 9.17) is 23.7 Å². The summed E-state index contributed by atoms with van der Waals surface area (Å²) in [5.41, 5.74) is 2.03. The molecule has 0 aliphatic carbocycles. The molecule has 7 heteroatoms. The lowest BCUT2D eigenvalue weighted by atomic mass is 10.1. The van der Waals surface area contributed by atoms with Gasteiger partial charge in [0, 0.05) is 20.0 Å². The summed E-state index contributed by atoms with van der Waals surface area (Å²) >= 11 is 0. The maximum atomic E-state index is 12.6. The average molecular weight is 418 g/mol. The lowest BCUT2D eigenvalue weighted by Gasteiger charge is -2.18. The fraction of sp³-hybridized carbons (Fsp3) is 0.435. The lowest BCUT2D eigenvalue weighted by Crippen LogP contribution is -2.29. The summed E-state index contributed by atoms with van der Waals surface area (Å²) in [6.45, 7) is 0.615. The van der Waals surface area contributed by atoms with E-state index in [0.717, 1.165) is 17.5 Å². The van der Waals surface area contributed by atoms with Gasteiger partial charge in [0.1, 0.15) is 0 Å². The molecule has 0 aliphatic heterocycles. The van der Waals surface area contributed by atoms with Crippen LogP contribution in [-0.4, -0.2) is 59.9 Å². The smallest absolute Gasteiger partial charge is 0.222 e. The Morgan fingerprint density at radius 1 is 0.733 bits per heavy atom. The number of benzene rings is 2. The molecule has 2 aromatic carbocycles. The Kier molecular flexibility index (Phi) is 8.65. The quantitative estimate of drug-likeness (QED) is 0.559. The molecule has 2 aromatic rings. The fourth-order valence-corrected chi connectivity index (χ4v) is 3.18. The third-order valence-electron chi connectivity index (χ3n) is 4.96. The molecule has 0 N–H and O–H groups in total. The first-order valence-electron chi connectivity index (χ1n) is 9.71. The summed E-state index contributed by atoms with van der Waals surface area (Å²) in [6, 6.07) is 9.54. The predicted octanol–water partition coefficient (Wildman–Crippen LogP) is 3.36. The van der Waals surface area contributed by atoms with Crippen LogP contribution in [0, 0.1) is 0 Å². The molecular weight excluding hydrogens is 386 g/mol. The van der Waals surface area contributed by atoms with Crippen LogP contribution in [0.15, 0.2) is 30.3 Å². The highest BCUT2D eigenvalue weighted by molar-refractivity contribution is 5.76. The minimum atomic E-state index is 0.0734. The van der Waals surface area contributed by atoms with Crippen molar-refractivity contribution in [3.05, 3.63) is 41.5 Å². The maximum absolute atomic E-state index is 12.6. The van der Waals surface area contributed by atoms with Gasteiger partial charge in [-0.05, 0) is 48.2 Å². The highest BCUT2D eigenvalue weighted by atomic mass is 16.5. The number of methoxy groups -OCH3 is 5. The number of carbonyl (C=O) groups excluding carboxylic acids is 1. The molecule has 2 rings (SSSR count). The molecule has 0 heterocycles. The molecule has 0 aliphatic rings. The molecule has 0 saturated carbocycles. The molecule has 0 aromatic heterocycles. The van der Waals surface area contributed by atoms with Crippen molar-refractivity contribution in [2.24, 2.45) is 0 Å². The lowest BCUT2D eigenvalue weighted by molar-refractivity contribution is -0.129. The number of carbonyl (C=O) groups is 1. The van der Waals surface area contributed by atoms with Gasteiger partial charge in [-0.25, -0.2) is 0 Å². The molecule has 0 fully saturated rings. The second-order valence-electron chi connectivity index (χ2n) is 6.79. The molecule has 0 saturated heterocycles. The molecule has 0 radical (unpaired) electrons. The van der Waals surface area contributed by atoms with Gasteiger partial charge >= 0.3 is 0 Å². The van der Waals surface area contributed by atoms with Gasteiger partial charge in [0.25, 0.3) is 0 Å². The first-order chi connectivity index (χ1) is 14.5. The Balaban J connectivity index is 1.95. The number of hydrogen-bond donors (Lipinski definition) is 0. The van der Waals surface area contributed by atoms with Crippen LogP contribution in [0.1, 0.15) is 17.5 Å². The monoisotopic (exact) mass is 417 g/mol. The topological polar surface area (TPSA) is 66.5 Å². The van der Waals surface area contributed by atoms with Crippen molar-refractivity contribution in [3.63, 3.8) is 0 Å². The average Bonchev–Trinajstić information content (AvgIpc) is 2.79. The summed E-state index contributed by atoms with van der Waals surface area (Å²) in [4.78, 5) is 14.3. The number of rotatable bonds is 11. The van der Waals surface area contributed by atoms with Crippen LogP contribution < -0.4 is 23.7 Å². The number of nitrogens with zero attached hydrogens (tertiary/aromatic N) is 1. The first-order valence-corrected chi connectivity index (χ1v) is 9.71. The van der Waals surface area contributed by atoms with E-state index in [1.54, 1.807) is 40.4 Å². The maximum Gasteiger partial charge on any atom is 0.222 e. The van der Waals surface area contributed by atoms with Gasteiger partial charge in [0.05, 0.1) is 35.5 Å². The third kappa shape index (κ3) is 5.72. The third-order valence-corrected chi connectivity index (χ3v) is 4.96. The predicted molar refractivity (Wildman–Crippen MR) is 115 cm³/mol. The van der Waals surface area contributed by atoms with E-state index in [9.17, 15) is 4.79 Å². The molecule has 1 amide bonds. The minimum absolute atomic E-state index is 0.0734. The number of hydrogen-bond acceptors (Lipinski definition) is 6. The molecule has 7 nitrogen and oxygen atoms in total. The van der Waals surface area contributed by atoms with Crippen LogP contribution in [0.25, 0.3) is 0 Å². The van der Waals surface area contributed by atoms with E-state index in [-0.39, 0.29) is 5.91 Å². The minimum Gasteiger partial charge on any atom is -0.493 e. The first kappa shape index (κ1) is 23.2. The zero-order chi connectivity index (χ0) is 22.1. The Bertz CT molecular complexity index is 827. The molecular formula is C23H31NO6. The van der Waals surface area contributed by atoms with Crippen LogP contribution in [0.2, 0.25) is 0 Å². The van der Waals surface area contributed by atoms with Gasteiger partial charge in [-0.15, -0.1) is 0 Å². The van der Waals surface area contributed by atoms with Crippen molar-refractivity contribution < 1.29 is 28.5 Å². The van der Waals surface area contributed by atoms with E-state index in [1.165, 1.54) is 0 Å². The Morgan fingerprint density at radius 2 is 1.30 bits per heavy atom. The van der Waals surface area contributed by atoms with Crippen LogP contribution in [0.4, 0.5) is 0 Å². The Labute approximate surface area is 178 Å². The summed E-state index contributed by atoms with van der Waals surface area (Å²) in [6.07, 6.45) is 1.70. The zero-order valence-electron chi connectivity index (χ0n) is 18.6. The highest BCUT2D eigenvalue weighted by Gasteiger charge is 2.15. The summed E-state index contributed by atoms with van der Waals surface area (Å²) in [5, 5.41) is 0. The van der Waals surface area contributed by atoms with Crippen molar-refractivity contribution in [3.8, 4) is 28.7 Å². The van der Waals surface area contributed by atoms with Crippen LogP contribution in [-0.2, 0) is 17.6 Å². The van der Waals surface area contributed by atoms with Crippen LogP contribution >= 0.6 is 0 Å². The van der Waals surface area contributed by atoms with Crippen molar-refractivity contribution in [2.75, 3.05) is 49.1 Å². The summed E-state index contributed by atoms with van der Waals surface area (Å²) in [7, 11) is 9.76. The van der Waals surface area contributed by atoms with Crippen LogP contribution in [0.5, 0.6) is 28.7 Å². The number of amides is 1. The van der Waals surface area contributed by atoms with Crippen molar-refractivity contribution >= 4 is 5.91 Å². The number of likely N-dealkylation sites (N-methyl/N-ethyl adjacent to an activating group) is 1. The van der Waals surface area contributed by atoms with E-state index in [1.807, 2.05) is 37.4 Å². The standard InChI is InChI=1S/C23H31NO6/c1-24(12-11-16-7-9-18(26-2)19(13-16)27-3)22(25)10-8-17-14-20(28-4)23(30-6)21(15-17)29-5/h7,9,13-15H,8,10-12H2,1-6H3. The molecule has 0 unspecified atom stereocenters. The van der Waals surface area contributed by atoms with Gasteiger partial charge in [-0.1, -0.05) is 6.07 Å². The SMILES string of the molecule is COc1ccc(CCN(C)C(=O)CCc2cc(OC)c(OC)c(OC)c2)cc1OC. The number of ether oxygens (including phenoxy) is 5. The Morgan fingerprint density at radius 3 is 1.83 bits per heavy atom. The van der Waals surface area contributed by atoms with Crippen LogP contribution in [0.3, 0.4) is 0 Å². The summed E-state index contributed by atoms with van der Waals surface area (Å²) in [5.74, 6) is 3.16. The van der Waals surface area contributed by atoms with E-state index in [2.05, 4.69) is 0 Å².